The topological polar surface area (TPSA) is 72.9 Å². The van der Waals surface area contributed by atoms with Crippen LogP contribution >= 0.6 is 0 Å². The molecule has 2 saturated heterocycles. The zero-order valence-electron chi connectivity index (χ0n) is 12.7. The lowest BCUT2D eigenvalue weighted by Gasteiger charge is -2.38. The molecule has 0 aromatic heterocycles. The molecule has 0 spiro atoms. The van der Waals surface area contributed by atoms with Crippen LogP contribution in [-0.4, -0.2) is 48.0 Å². The van der Waals surface area contributed by atoms with Gasteiger partial charge in [-0.25, -0.2) is 4.79 Å². The summed E-state index contributed by atoms with van der Waals surface area (Å²) < 4.78 is 10.2. The van der Waals surface area contributed by atoms with Gasteiger partial charge in [-0.15, -0.1) is 0 Å². The number of ketones is 1. The average molecular weight is 297 g/mol. The first kappa shape index (κ1) is 15.8. The van der Waals surface area contributed by atoms with Crippen molar-refractivity contribution in [2.24, 2.45) is 5.92 Å². The van der Waals surface area contributed by atoms with Crippen LogP contribution in [0.5, 0.6) is 0 Å². The molecule has 0 bridgehead atoms. The zero-order valence-corrected chi connectivity index (χ0v) is 12.7. The SMILES string of the molecule is CCCC(=O)[C@H](C(=O)OCC)[C@@H]1CCC[C@H]2COC(=O)N21. The van der Waals surface area contributed by atoms with Crippen molar-refractivity contribution in [2.75, 3.05) is 13.2 Å². The number of hydrogen-bond acceptors (Lipinski definition) is 5. The average Bonchev–Trinajstić information content (AvgIpc) is 2.82. The minimum atomic E-state index is -0.877. The van der Waals surface area contributed by atoms with Crippen LogP contribution in [-0.2, 0) is 19.1 Å². The first-order valence-corrected chi connectivity index (χ1v) is 7.74. The van der Waals surface area contributed by atoms with Crippen LogP contribution < -0.4 is 0 Å². The highest BCUT2D eigenvalue weighted by Gasteiger charge is 2.48. The van der Waals surface area contributed by atoms with Crippen molar-refractivity contribution in [3.05, 3.63) is 0 Å². The van der Waals surface area contributed by atoms with Crippen LogP contribution in [0.4, 0.5) is 4.79 Å². The van der Waals surface area contributed by atoms with Crippen LogP contribution in [0.2, 0.25) is 0 Å². The minimum Gasteiger partial charge on any atom is -0.465 e. The second-order valence-electron chi connectivity index (χ2n) is 5.58. The van der Waals surface area contributed by atoms with Crippen LogP contribution in [0, 0.1) is 5.92 Å². The second-order valence-corrected chi connectivity index (χ2v) is 5.58. The summed E-state index contributed by atoms with van der Waals surface area (Å²) in [6, 6.07) is -0.431. The van der Waals surface area contributed by atoms with Crippen molar-refractivity contribution in [3.63, 3.8) is 0 Å². The molecule has 3 atom stereocenters. The van der Waals surface area contributed by atoms with E-state index in [0.29, 0.717) is 25.9 Å². The third-order valence-electron chi connectivity index (χ3n) is 4.17. The first-order valence-electron chi connectivity index (χ1n) is 7.74. The highest BCUT2D eigenvalue weighted by atomic mass is 16.6. The number of piperidine rings is 1. The lowest BCUT2D eigenvalue weighted by Crippen LogP contribution is -2.53. The van der Waals surface area contributed by atoms with Gasteiger partial charge in [0, 0.05) is 6.42 Å². The molecule has 1 amide bonds. The van der Waals surface area contributed by atoms with Gasteiger partial charge in [-0.3, -0.25) is 14.5 Å². The molecular weight excluding hydrogens is 274 g/mol. The van der Waals surface area contributed by atoms with E-state index in [1.807, 2.05) is 6.92 Å². The molecule has 0 aliphatic carbocycles. The van der Waals surface area contributed by atoms with Crippen LogP contribution in [0.1, 0.15) is 46.0 Å². The van der Waals surface area contributed by atoms with E-state index in [4.69, 9.17) is 9.47 Å². The van der Waals surface area contributed by atoms with Gasteiger partial charge in [-0.05, 0) is 32.6 Å². The predicted molar refractivity (Wildman–Crippen MR) is 74.7 cm³/mol. The molecule has 0 aromatic rings. The first-order chi connectivity index (χ1) is 10.1. The number of carbonyl (C=O) groups is 3. The highest BCUT2D eigenvalue weighted by Crippen LogP contribution is 2.33. The predicted octanol–water partition coefficient (Wildman–Crippen LogP) is 1.91. The van der Waals surface area contributed by atoms with Crippen LogP contribution in [0.25, 0.3) is 0 Å². The molecule has 2 fully saturated rings. The molecule has 0 unspecified atom stereocenters. The van der Waals surface area contributed by atoms with Crippen molar-refractivity contribution in [1.29, 1.82) is 0 Å². The Balaban J connectivity index is 2.23. The molecule has 21 heavy (non-hydrogen) atoms. The fraction of sp³-hybridized carbons (Fsp3) is 0.800. The summed E-state index contributed by atoms with van der Waals surface area (Å²) in [5.41, 5.74) is 0. The van der Waals surface area contributed by atoms with E-state index < -0.39 is 24.0 Å². The van der Waals surface area contributed by atoms with Gasteiger partial charge in [0.2, 0.25) is 0 Å². The van der Waals surface area contributed by atoms with Gasteiger partial charge in [0.05, 0.1) is 18.7 Å². The monoisotopic (exact) mass is 297 g/mol. The molecule has 118 valence electrons. The van der Waals surface area contributed by atoms with Gasteiger partial charge in [-0.2, -0.15) is 0 Å². The molecule has 2 aliphatic rings. The van der Waals surface area contributed by atoms with E-state index in [0.717, 1.165) is 12.8 Å². The van der Waals surface area contributed by atoms with Gasteiger partial charge in [0.15, 0.2) is 0 Å². The van der Waals surface area contributed by atoms with E-state index in [1.54, 1.807) is 11.8 Å². The Hall–Kier alpha value is -1.59. The van der Waals surface area contributed by atoms with Crippen molar-refractivity contribution in [3.8, 4) is 0 Å². The van der Waals surface area contributed by atoms with Crippen LogP contribution in [0.15, 0.2) is 0 Å². The summed E-state index contributed by atoms with van der Waals surface area (Å²) in [6.45, 7) is 4.20. The number of fused-ring (bicyclic) bond motifs is 1. The Bertz CT molecular complexity index is 404. The maximum atomic E-state index is 12.4. The Morgan fingerprint density at radius 2 is 2.14 bits per heavy atom. The Morgan fingerprint density at radius 1 is 1.38 bits per heavy atom. The summed E-state index contributed by atoms with van der Waals surface area (Å²) >= 11 is 0. The molecule has 0 aromatic carbocycles. The van der Waals surface area contributed by atoms with E-state index in [1.165, 1.54) is 0 Å². The lowest BCUT2D eigenvalue weighted by molar-refractivity contribution is -0.154. The van der Waals surface area contributed by atoms with Gasteiger partial charge in [0.1, 0.15) is 18.3 Å². The maximum absolute atomic E-state index is 12.4. The summed E-state index contributed by atoms with van der Waals surface area (Å²) in [5.74, 6) is -1.53. The third kappa shape index (κ3) is 3.19. The number of ether oxygens (including phenoxy) is 2. The maximum Gasteiger partial charge on any atom is 0.410 e. The molecular formula is C15H23NO5. The van der Waals surface area contributed by atoms with E-state index >= 15 is 0 Å². The number of Topliss-reactive ketones (excluding diaryl/α,β-unsaturated/α-hetero) is 1. The van der Waals surface area contributed by atoms with Crippen molar-refractivity contribution in [1.82, 2.24) is 4.90 Å². The number of amides is 1. The number of esters is 1. The van der Waals surface area contributed by atoms with Crippen molar-refractivity contribution < 1.29 is 23.9 Å². The van der Waals surface area contributed by atoms with Crippen LogP contribution in [0.3, 0.4) is 0 Å². The van der Waals surface area contributed by atoms with Gasteiger partial charge >= 0.3 is 12.1 Å². The summed E-state index contributed by atoms with van der Waals surface area (Å²) in [7, 11) is 0. The van der Waals surface area contributed by atoms with Gasteiger partial charge < -0.3 is 9.47 Å². The Labute approximate surface area is 124 Å². The minimum absolute atomic E-state index is 0.0115. The third-order valence-corrected chi connectivity index (χ3v) is 4.17. The quantitative estimate of drug-likeness (QED) is 0.553. The fourth-order valence-corrected chi connectivity index (χ4v) is 3.27. The molecule has 0 N–H and O–H groups in total. The number of carbonyl (C=O) groups excluding carboxylic acids is 3. The standard InChI is InChI=1S/C15H23NO5/c1-3-6-12(17)13(14(18)20-4-2)11-8-5-7-10-9-21-15(19)16(10)11/h10-11,13H,3-9H2,1-2H3/t10-,11-,13+/m0/s1. The summed E-state index contributed by atoms with van der Waals surface area (Å²) in [6.07, 6.45) is 2.98. The molecule has 2 heterocycles. The highest BCUT2D eigenvalue weighted by molar-refractivity contribution is 6.00. The van der Waals surface area contributed by atoms with Gasteiger partial charge in [-0.1, -0.05) is 6.92 Å². The number of rotatable bonds is 6. The zero-order chi connectivity index (χ0) is 15.4. The number of cyclic esters (lactones) is 1. The fourth-order valence-electron chi connectivity index (χ4n) is 3.27. The number of hydrogen-bond donors (Lipinski definition) is 0. The molecule has 0 radical (unpaired) electrons. The Kier molecular flexibility index (Phi) is 5.20. The molecule has 6 heteroatoms. The summed E-state index contributed by atoms with van der Waals surface area (Å²) in [4.78, 5) is 38.1. The van der Waals surface area contributed by atoms with Crippen molar-refractivity contribution in [2.45, 2.75) is 58.0 Å². The smallest absolute Gasteiger partial charge is 0.410 e. The lowest BCUT2D eigenvalue weighted by atomic mass is 9.84. The number of nitrogens with zero attached hydrogens (tertiary/aromatic N) is 1. The largest absolute Gasteiger partial charge is 0.465 e. The normalized spacial score (nSPS) is 26.0. The molecule has 2 aliphatic heterocycles. The molecule has 2 rings (SSSR count). The van der Waals surface area contributed by atoms with E-state index in [9.17, 15) is 14.4 Å². The van der Waals surface area contributed by atoms with E-state index in [-0.39, 0.29) is 18.4 Å². The van der Waals surface area contributed by atoms with E-state index in [2.05, 4.69) is 0 Å². The molecule has 6 nitrogen and oxygen atoms in total. The molecule has 0 saturated carbocycles. The second kappa shape index (κ2) is 6.91. The summed E-state index contributed by atoms with van der Waals surface area (Å²) in [5, 5.41) is 0. The van der Waals surface area contributed by atoms with Gasteiger partial charge in [0.25, 0.3) is 0 Å². The van der Waals surface area contributed by atoms with Crippen molar-refractivity contribution >= 4 is 17.8 Å². The Morgan fingerprint density at radius 3 is 2.81 bits per heavy atom.